The van der Waals surface area contributed by atoms with Crippen LogP contribution >= 0.6 is 11.8 Å². The molecule has 0 saturated carbocycles. The minimum atomic E-state index is -0.724. The second kappa shape index (κ2) is 9.42. The van der Waals surface area contributed by atoms with Crippen molar-refractivity contribution in [3.05, 3.63) is 41.5 Å². The highest BCUT2D eigenvalue weighted by molar-refractivity contribution is 8.00. The number of nitrogens with one attached hydrogen (secondary N) is 2. The number of allylic oxidation sites excluding steroid dienone is 1. The van der Waals surface area contributed by atoms with Crippen molar-refractivity contribution in [3.63, 3.8) is 0 Å². The highest BCUT2D eigenvalue weighted by atomic mass is 32.2. The average Bonchev–Trinajstić information content (AvgIpc) is 2.55. The molecule has 0 fully saturated rings. The lowest BCUT2D eigenvalue weighted by Crippen LogP contribution is -2.40. The van der Waals surface area contributed by atoms with Crippen LogP contribution in [0, 0.1) is 11.6 Å². The lowest BCUT2D eigenvalue weighted by Gasteiger charge is -2.13. The second-order valence-electron chi connectivity index (χ2n) is 5.53. The first-order valence-corrected chi connectivity index (χ1v) is 8.86. The lowest BCUT2D eigenvalue weighted by atomic mass is 9.97. The van der Waals surface area contributed by atoms with Crippen LogP contribution in [0.3, 0.4) is 0 Å². The van der Waals surface area contributed by atoms with Crippen LogP contribution in [0.1, 0.15) is 32.1 Å². The number of hydrogen-bond donors (Lipinski definition) is 2. The molecular weight excluding hydrogens is 334 g/mol. The Morgan fingerprint density at radius 3 is 2.75 bits per heavy atom. The van der Waals surface area contributed by atoms with E-state index < -0.39 is 23.6 Å². The Labute approximate surface area is 144 Å². The van der Waals surface area contributed by atoms with Gasteiger partial charge in [0, 0.05) is 17.5 Å². The predicted octanol–water partition coefficient (Wildman–Crippen LogP) is 3.77. The molecule has 0 aliphatic heterocycles. The number of benzene rings is 1. The number of thioether (sulfide) groups is 1. The molecule has 4 nitrogen and oxygen atoms in total. The van der Waals surface area contributed by atoms with Gasteiger partial charge >= 0.3 is 6.03 Å². The molecule has 1 aromatic rings. The summed E-state index contributed by atoms with van der Waals surface area (Å²) in [4.78, 5) is 23.5. The summed E-state index contributed by atoms with van der Waals surface area (Å²) in [5.74, 6) is -2.05. The molecule has 24 heavy (non-hydrogen) atoms. The van der Waals surface area contributed by atoms with Crippen LogP contribution in [-0.4, -0.2) is 24.2 Å². The highest BCUT2D eigenvalue weighted by Gasteiger charge is 2.11. The van der Waals surface area contributed by atoms with Gasteiger partial charge in [0.1, 0.15) is 11.6 Å². The third-order valence-corrected chi connectivity index (χ3v) is 4.67. The van der Waals surface area contributed by atoms with Crippen molar-refractivity contribution in [1.82, 2.24) is 10.6 Å². The minimum absolute atomic E-state index is 0.124. The molecule has 0 aromatic heterocycles. The molecule has 130 valence electrons. The molecule has 0 heterocycles. The molecule has 1 aromatic carbocycles. The maximum absolute atomic E-state index is 13.4. The fourth-order valence-electron chi connectivity index (χ4n) is 2.41. The molecule has 0 saturated heterocycles. The number of hydrogen-bond acceptors (Lipinski definition) is 3. The summed E-state index contributed by atoms with van der Waals surface area (Å²) in [5.41, 5.74) is 1.34. The van der Waals surface area contributed by atoms with Crippen LogP contribution in [0.2, 0.25) is 0 Å². The Balaban J connectivity index is 1.66. The Hall–Kier alpha value is -1.89. The normalized spacial score (nSPS) is 14.0. The van der Waals surface area contributed by atoms with E-state index in [1.165, 1.54) is 24.5 Å². The molecule has 0 unspecified atom stereocenters. The van der Waals surface area contributed by atoms with Crippen molar-refractivity contribution < 1.29 is 18.4 Å². The average molecular weight is 354 g/mol. The topological polar surface area (TPSA) is 58.2 Å². The van der Waals surface area contributed by atoms with Gasteiger partial charge in [-0.1, -0.05) is 11.6 Å². The van der Waals surface area contributed by atoms with Gasteiger partial charge in [0.2, 0.25) is 5.91 Å². The molecule has 0 spiro atoms. The number of amides is 3. The summed E-state index contributed by atoms with van der Waals surface area (Å²) >= 11 is 0.910. The van der Waals surface area contributed by atoms with E-state index in [2.05, 4.69) is 16.7 Å². The van der Waals surface area contributed by atoms with E-state index >= 15 is 0 Å². The van der Waals surface area contributed by atoms with Gasteiger partial charge in [-0.3, -0.25) is 10.1 Å². The van der Waals surface area contributed by atoms with Crippen molar-refractivity contribution in [2.75, 3.05) is 12.3 Å². The van der Waals surface area contributed by atoms with E-state index in [-0.39, 0.29) is 10.6 Å². The fraction of sp³-hybridized carbons (Fsp3) is 0.412. The molecule has 1 aliphatic rings. The maximum atomic E-state index is 13.4. The van der Waals surface area contributed by atoms with Gasteiger partial charge in [-0.05, 0) is 44.2 Å². The highest BCUT2D eigenvalue weighted by Crippen LogP contribution is 2.22. The van der Waals surface area contributed by atoms with Crippen LogP contribution in [-0.2, 0) is 4.79 Å². The van der Waals surface area contributed by atoms with Crippen LogP contribution in [0.4, 0.5) is 13.6 Å². The molecule has 0 bridgehead atoms. The summed E-state index contributed by atoms with van der Waals surface area (Å²) in [6, 6.07) is 2.58. The van der Waals surface area contributed by atoms with Gasteiger partial charge < -0.3 is 5.32 Å². The van der Waals surface area contributed by atoms with Crippen molar-refractivity contribution in [3.8, 4) is 0 Å². The van der Waals surface area contributed by atoms with Crippen molar-refractivity contribution in [2.24, 2.45) is 0 Å². The van der Waals surface area contributed by atoms with E-state index in [1.807, 2.05) is 0 Å². The number of imide groups is 1. The van der Waals surface area contributed by atoms with Crippen LogP contribution < -0.4 is 10.6 Å². The van der Waals surface area contributed by atoms with Crippen LogP contribution in [0.15, 0.2) is 34.7 Å². The first-order valence-electron chi connectivity index (χ1n) is 7.88. The Morgan fingerprint density at radius 1 is 1.21 bits per heavy atom. The molecule has 0 atom stereocenters. The molecule has 3 amide bonds. The summed E-state index contributed by atoms with van der Waals surface area (Å²) in [6.07, 6.45) is 7.57. The van der Waals surface area contributed by atoms with Crippen LogP contribution in [0.5, 0.6) is 0 Å². The molecule has 2 rings (SSSR count). The Bertz CT molecular complexity index is 635. The largest absolute Gasteiger partial charge is 0.337 e. The predicted molar refractivity (Wildman–Crippen MR) is 89.8 cm³/mol. The number of halogens is 2. The van der Waals surface area contributed by atoms with Gasteiger partial charge in [-0.2, -0.15) is 0 Å². The first-order chi connectivity index (χ1) is 11.5. The number of rotatable bonds is 6. The van der Waals surface area contributed by atoms with E-state index in [0.717, 1.165) is 43.2 Å². The first kappa shape index (κ1) is 18.4. The quantitative estimate of drug-likeness (QED) is 0.604. The van der Waals surface area contributed by atoms with E-state index in [0.29, 0.717) is 6.54 Å². The third kappa shape index (κ3) is 6.31. The lowest BCUT2D eigenvalue weighted by molar-refractivity contribution is -0.117. The monoisotopic (exact) mass is 354 g/mol. The fourth-order valence-corrected chi connectivity index (χ4v) is 3.13. The molecule has 1 aliphatic carbocycles. The van der Waals surface area contributed by atoms with E-state index in [4.69, 9.17) is 0 Å². The summed E-state index contributed by atoms with van der Waals surface area (Å²) < 4.78 is 26.2. The maximum Gasteiger partial charge on any atom is 0.321 e. The number of carbonyl (C=O) groups excluding carboxylic acids is 2. The SMILES string of the molecule is O=C(CSc1ccc(F)cc1F)NC(=O)NCCC1=CCCCC1. The standard InChI is InChI=1S/C17H20F2N2O2S/c18-13-6-7-15(14(19)10-13)24-11-16(22)21-17(23)20-9-8-12-4-2-1-3-5-12/h4,6-7,10H,1-3,5,8-9,11H2,(H2,20,21,22,23). The van der Waals surface area contributed by atoms with Gasteiger partial charge in [-0.25, -0.2) is 13.6 Å². The third-order valence-electron chi connectivity index (χ3n) is 3.62. The van der Waals surface area contributed by atoms with Crippen molar-refractivity contribution in [2.45, 2.75) is 37.0 Å². The molecule has 0 radical (unpaired) electrons. The Morgan fingerprint density at radius 2 is 2.04 bits per heavy atom. The zero-order valence-electron chi connectivity index (χ0n) is 13.2. The molecule has 7 heteroatoms. The Kier molecular flexibility index (Phi) is 7.24. The zero-order chi connectivity index (χ0) is 17.4. The van der Waals surface area contributed by atoms with Crippen LogP contribution in [0.25, 0.3) is 0 Å². The summed E-state index contributed by atoms with van der Waals surface area (Å²) in [7, 11) is 0. The van der Waals surface area contributed by atoms with Crippen molar-refractivity contribution in [1.29, 1.82) is 0 Å². The summed E-state index contributed by atoms with van der Waals surface area (Å²) in [5, 5.41) is 4.83. The van der Waals surface area contributed by atoms with E-state index in [1.54, 1.807) is 0 Å². The number of carbonyl (C=O) groups is 2. The van der Waals surface area contributed by atoms with Gasteiger partial charge in [0.05, 0.1) is 5.75 Å². The van der Waals surface area contributed by atoms with E-state index in [9.17, 15) is 18.4 Å². The zero-order valence-corrected chi connectivity index (χ0v) is 14.1. The smallest absolute Gasteiger partial charge is 0.321 e. The summed E-state index contributed by atoms with van der Waals surface area (Å²) in [6.45, 7) is 0.477. The molecule has 2 N–H and O–H groups in total. The van der Waals surface area contributed by atoms with Gasteiger partial charge in [0.25, 0.3) is 0 Å². The number of urea groups is 1. The van der Waals surface area contributed by atoms with Gasteiger partial charge in [-0.15, -0.1) is 11.8 Å². The van der Waals surface area contributed by atoms with Gasteiger partial charge in [0.15, 0.2) is 0 Å². The molecular formula is C17H20F2N2O2S. The minimum Gasteiger partial charge on any atom is -0.337 e. The van der Waals surface area contributed by atoms with Crippen molar-refractivity contribution >= 4 is 23.7 Å². The second-order valence-corrected chi connectivity index (χ2v) is 6.54.